The van der Waals surface area contributed by atoms with E-state index < -0.39 is 36.3 Å². The third-order valence-electron chi connectivity index (χ3n) is 6.10. The number of benzene rings is 1. The summed E-state index contributed by atoms with van der Waals surface area (Å²) in [6.45, 7) is 0.772. The van der Waals surface area contributed by atoms with E-state index in [-0.39, 0.29) is 17.2 Å². The summed E-state index contributed by atoms with van der Waals surface area (Å²) in [6.07, 6.45) is 5.93. The van der Waals surface area contributed by atoms with Gasteiger partial charge in [0, 0.05) is 14.1 Å². The van der Waals surface area contributed by atoms with Gasteiger partial charge in [-0.3, -0.25) is 19.0 Å². The van der Waals surface area contributed by atoms with Crippen molar-refractivity contribution in [2.75, 3.05) is 6.61 Å². The summed E-state index contributed by atoms with van der Waals surface area (Å²) in [5.41, 5.74) is 2.78. The zero-order valence-corrected chi connectivity index (χ0v) is 19.0. The number of hydrogen-bond acceptors (Lipinski definition) is 6. The first kappa shape index (κ1) is 22.5. The van der Waals surface area contributed by atoms with Crippen molar-refractivity contribution in [1.29, 1.82) is 0 Å². The number of aryl methyl sites for hydroxylation is 4. The molecule has 2 heterocycles. The lowest BCUT2D eigenvalue weighted by molar-refractivity contribution is -0.149. The summed E-state index contributed by atoms with van der Waals surface area (Å²) in [6, 6.07) is 6.01. The van der Waals surface area contributed by atoms with Gasteiger partial charge >= 0.3 is 11.7 Å². The molecule has 174 valence electrons. The first-order valence-electron chi connectivity index (χ1n) is 10.9. The highest BCUT2D eigenvalue weighted by Crippen LogP contribution is 2.24. The maximum absolute atomic E-state index is 12.7. The lowest BCUT2D eigenvalue weighted by Gasteiger charge is -2.20. The van der Waals surface area contributed by atoms with Crippen molar-refractivity contribution in [1.82, 2.24) is 24.0 Å². The Balaban J connectivity index is 1.37. The fourth-order valence-corrected chi connectivity index (χ4v) is 4.25. The van der Waals surface area contributed by atoms with E-state index in [0.717, 1.165) is 23.0 Å². The van der Waals surface area contributed by atoms with Gasteiger partial charge in [-0.25, -0.2) is 14.3 Å². The Kier molecular flexibility index (Phi) is 6.17. The number of amides is 1. The first-order chi connectivity index (χ1) is 15.8. The Labute approximate surface area is 189 Å². The molecule has 10 nitrogen and oxygen atoms in total. The zero-order valence-electron chi connectivity index (χ0n) is 19.0. The van der Waals surface area contributed by atoms with E-state index in [9.17, 15) is 19.2 Å². The Morgan fingerprint density at radius 2 is 1.88 bits per heavy atom. The van der Waals surface area contributed by atoms with Gasteiger partial charge in [0.25, 0.3) is 11.5 Å². The number of nitrogens with zero attached hydrogens (tertiary/aromatic N) is 4. The molecule has 1 atom stereocenters. The summed E-state index contributed by atoms with van der Waals surface area (Å²) in [7, 11) is 3.09. The van der Waals surface area contributed by atoms with E-state index in [1.807, 2.05) is 13.0 Å². The van der Waals surface area contributed by atoms with Crippen molar-refractivity contribution in [2.45, 2.75) is 45.2 Å². The predicted octanol–water partition coefficient (Wildman–Crippen LogP) is 0.733. The topological polar surface area (TPSA) is 117 Å². The highest BCUT2D eigenvalue weighted by Gasteiger charge is 2.19. The van der Waals surface area contributed by atoms with Crippen LogP contribution in [0, 0.1) is 0 Å². The van der Waals surface area contributed by atoms with Gasteiger partial charge in [0.1, 0.15) is 6.54 Å². The largest absolute Gasteiger partial charge is 0.454 e. The number of esters is 1. The molecule has 1 aliphatic carbocycles. The number of nitrogens with one attached hydrogen (secondary N) is 1. The standard InChI is InChI=1S/C23H27N5O5/c1-14(16-9-8-15-6-4-5-7-17(15)10-16)25-18(29)12-33-19(30)11-28-22(31)20-21(24-13-26(20)2)27(3)23(28)32/h8-10,13-14H,4-7,11-12H2,1-3H3,(H,25,29). The Hall–Kier alpha value is -3.69. The van der Waals surface area contributed by atoms with E-state index in [2.05, 4.69) is 22.4 Å². The van der Waals surface area contributed by atoms with Crippen LogP contribution in [0.3, 0.4) is 0 Å². The molecule has 0 saturated carbocycles. The molecule has 1 unspecified atom stereocenters. The quantitative estimate of drug-likeness (QED) is 0.550. The number of rotatable bonds is 6. The second-order valence-electron chi connectivity index (χ2n) is 8.45. The Bertz CT molecular complexity index is 1350. The van der Waals surface area contributed by atoms with Crippen LogP contribution in [0.4, 0.5) is 0 Å². The van der Waals surface area contributed by atoms with Crippen LogP contribution in [0.25, 0.3) is 11.2 Å². The fourth-order valence-electron chi connectivity index (χ4n) is 4.25. The molecular weight excluding hydrogens is 426 g/mol. The van der Waals surface area contributed by atoms with Gasteiger partial charge in [0.2, 0.25) is 0 Å². The van der Waals surface area contributed by atoms with Crippen LogP contribution in [-0.2, 0) is 47.8 Å². The molecule has 0 radical (unpaired) electrons. The fraction of sp³-hybridized carbons (Fsp3) is 0.435. The van der Waals surface area contributed by atoms with E-state index in [1.54, 1.807) is 7.05 Å². The molecule has 2 aromatic heterocycles. The van der Waals surface area contributed by atoms with Crippen molar-refractivity contribution in [2.24, 2.45) is 14.1 Å². The van der Waals surface area contributed by atoms with Gasteiger partial charge in [-0.1, -0.05) is 18.2 Å². The van der Waals surface area contributed by atoms with Gasteiger partial charge in [-0.15, -0.1) is 0 Å². The van der Waals surface area contributed by atoms with Crippen LogP contribution in [0.15, 0.2) is 34.1 Å². The third kappa shape index (κ3) is 4.46. The minimum atomic E-state index is -0.854. The monoisotopic (exact) mass is 453 g/mol. The molecule has 3 aromatic rings. The number of aromatic nitrogens is 4. The summed E-state index contributed by atoms with van der Waals surface area (Å²) >= 11 is 0. The highest BCUT2D eigenvalue weighted by molar-refractivity contribution is 5.81. The maximum atomic E-state index is 12.7. The average molecular weight is 453 g/mol. The molecule has 1 amide bonds. The molecule has 0 fully saturated rings. The van der Waals surface area contributed by atoms with Crippen molar-refractivity contribution in [3.63, 3.8) is 0 Å². The normalized spacial score (nSPS) is 14.0. The van der Waals surface area contributed by atoms with Crippen molar-refractivity contribution < 1.29 is 14.3 Å². The van der Waals surface area contributed by atoms with E-state index in [1.165, 1.54) is 46.5 Å². The van der Waals surface area contributed by atoms with Gasteiger partial charge in [-0.05, 0) is 49.3 Å². The summed E-state index contributed by atoms with van der Waals surface area (Å²) in [4.78, 5) is 53.8. The molecule has 33 heavy (non-hydrogen) atoms. The number of fused-ring (bicyclic) bond motifs is 2. The van der Waals surface area contributed by atoms with Crippen molar-refractivity contribution in [3.05, 3.63) is 62.1 Å². The summed E-state index contributed by atoms with van der Waals surface area (Å²) in [5, 5.41) is 2.82. The van der Waals surface area contributed by atoms with Crippen molar-refractivity contribution in [3.8, 4) is 0 Å². The van der Waals surface area contributed by atoms with Crippen LogP contribution in [-0.4, -0.2) is 37.2 Å². The number of imidazole rings is 1. The minimum Gasteiger partial charge on any atom is -0.454 e. The minimum absolute atomic E-state index is 0.196. The van der Waals surface area contributed by atoms with E-state index in [4.69, 9.17) is 4.74 Å². The smallest absolute Gasteiger partial charge is 0.333 e. The van der Waals surface area contributed by atoms with Gasteiger partial charge < -0.3 is 14.6 Å². The lowest BCUT2D eigenvalue weighted by atomic mass is 9.89. The molecule has 1 N–H and O–H groups in total. The van der Waals surface area contributed by atoms with E-state index >= 15 is 0 Å². The molecule has 0 spiro atoms. The molecule has 1 aliphatic rings. The zero-order chi connectivity index (χ0) is 23.7. The third-order valence-corrected chi connectivity index (χ3v) is 6.10. The summed E-state index contributed by atoms with van der Waals surface area (Å²) < 4.78 is 8.48. The molecular formula is C23H27N5O5. The van der Waals surface area contributed by atoms with Gasteiger partial charge in [-0.2, -0.15) is 0 Å². The Morgan fingerprint density at radius 1 is 1.15 bits per heavy atom. The number of carbonyl (C=O) groups is 2. The predicted molar refractivity (Wildman–Crippen MR) is 121 cm³/mol. The average Bonchev–Trinajstić information content (AvgIpc) is 3.20. The lowest BCUT2D eigenvalue weighted by Crippen LogP contribution is -2.42. The van der Waals surface area contributed by atoms with E-state index in [0.29, 0.717) is 0 Å². The SMILES string of the molecule is CC(NC(=O)COC(=O)Cn1c(=O)c2c(ncn2C)n(C)c1=O)c1ccc2c(c1)CCCC2. The molecule has 4 rings (SSSR count). The molecule has 0 saturated heterocycles. The van der Waals surface area contributed by atoms with Crippen LogP contribution >= 0.6 is 0 Å². The Morgan fingerprint density at radius 3 is 2.64 bits per heavy atom. The molecule has 0 bridgehead atoms. The number of carbonyl (C=O) groups excluding carboxylic acids is 2. The van der Waals surface area contributed by atoms with Crippen LogP contribution in [0.5, 0.6) is 0 Å². The van der Waals surface area contributed by atoms with Gasteiger partial charge in [0.05, 0.1) is 12.4 Å². The second kappa shape index (κ2) is 9.05. The van der Waals surface area contributed by atoms with Crippen molar-refractivity contribution >= 4 is 23.0 Å². The molecule has 10 heteroatoms. The van der Waals surface area contributed by atoms with Crippen LogP contribution in [0.2, 0.25) is 0 Å². The number of ether oxygens (including phenoxy) is 1. The number of hydrogen-bond donors (Lipinski definition) is 1. The molecule has 1 aromatic carbocycles. The van der Waals surface area contributed by atoms with Crippen LogP contribution < -0.4 is 16.6 Å². The highest BCUT2D eigenvalue weighted by atomic mass is 16.5. The van der Waals surface area contributed by atoms with Gasteiger partial charge in [0.15, 0.2) is 17.8 Å². The second-order valence-corrected chi connectivity index (χ2v) is 8.45. The summed E-state index contributed by atoms with van der Waals surface area (Å²) in [5.74, 6) is -1.32. The van der Waals surface area contributed by atoms with Crippen LogP contribution in [0.1, 0.15) is 42.5 Å². The molecule has 0 aliphatic heterocycles. The first-order valence-corrected chi connectivity index (χ1v) is 10.9. The maximum Gasteiger partial charge on any atom is 0.333 e.